The second-order valence-corrected chi connectivity index (χ2v) is 11.5. The lowest BCUT2D eigenvalue weighted by Gasteiger charge is -2.44. The molecule has 6 rings (SSSR count). The Labute approximate surface area is 202 Å². The molecular formula is C29H37FN2O2. The number of ether oxygens (including phenoxy) is 1. The SMILES string of the molecule is CC(C)c1cccc(-c2cc3c(cc2F)[C@H](NC(=O)O[C@@H]2CN4CCC2CC4)C(C)(C)CC3)c1. The smallest absolute Gasteiger partial charge is 0.407 e. The Hall–Kier alpha value is -2.40. The van der Waals surface area contributed by atoms with E-state index in [1.54, 1.807) is 6.07 Å². The molecule has 0 unspecified atom stereocenters. The third-order valence-corrected chi connectivity index (χ3v) is 8.34. The molecular weight excluding hydrogens is 427 g/mol. The van der Waals surface area contributed by atoms with Gasteiger partial charge in [0.15, 0.2) is 0 Å². The zero-order chi connectivity index (χ0) is 24.0. The molecule has 1 amide bonds. The van der Waals surface area contributed by atoms with Gasteiger partial charge in [0.25, 0.3) is 0 Å². The average Bonchev–Trinajstić information content (AvgIpc) is 2.82. The van der Waals surface area contributed by atoms with Crippen LogP contribution in [0.4, 0.5) is 9.18 Å². The average molecular weight is 465 g/mol. The Kier molecular flexibility index (Phi) is 6.18. The summed E-state index contributed by atoms with van der Waals surface area (Å²) in [6.45, 7) is 11.6. The van der Waals surface area contributed by atoms with Gasteiger partial charge in [0.1, 0.15) is 11.9 Å². The summed E-state index contributed by atoms with van der Waals surface area (Å²) in [6, 6.07) is 11.5. The first-order valence-corrected chi connectivity index (χ1v) is 12.8. The first-order chi connectivity index (χ1) is 16.2. The van der Waals surface area contributed by atoms with Crippen molar-refractivity contribution in [3.63, 3.8) is 0 Å². The summed E-state index contributed by atoms with van der Waals surface area (Å²) in [5.41, 5.74) is 4.54. The molecule has 2 bridgehead atoms. The number of halogens is 1. The van der Waals surface area contributed by atoms with Crippen LogP contribution >= 0.6 is 0 Å². The Balaban J connectivity index is 1.40. The van der Waals surface area contributed by atoms with Crippen molar-refractivity contribution >= 4 is 6.09 Å². The van der Waals surface area contributed by atoms with Crippen molar-refractivity contribution in [2.75, 3.05) is 19.6 Å². The molecule has 1 N–H and O–H groups in total. The molecule has 3 heterocycles. The van der Waals surface area contributed by atoms with Crippen molar-refractivity contribution in [1.82, 2.24) is 10.2 Å². The molecule has 3 fully saturated rings. The van der Waals surface area contributed by atoms with Crippen molar-refractivity contribution in [3.05, 3.63) is 58.9 Å². The molecule has 2 aromatic carbocycles. The molecule has 0 aromatic heterocycles. The summed E-state index contributed by atoms with van der Waals surface area (Å²) in [7, 11) is 0. The van der Waals surface area contributed by atoms with Crippen molar-refractivity contribution in [2.24, 2.45) is 11.3 Å². The Morgan fingerprint density at radius 3 is 2.62 bits per heavy atom. The number of carbonyl (C=O) groups excluding carboxylic acids is 1. The van der Waals surface area contributed by atoms with Gasteiger partial charge < -0.3 is 10.1 Å². The molecule has 5 heteroatoms. The number of amides is 1. The number of aryl methyl sites for hydroxylation is 1. The van der Waals surface area contributed by atoms with Gasteiger partial charge in [0.05, 0.1) is 6.04 Å². The van der Waals surface area contributed by atoms with E-state index in [9.17, 15) is 4.79 Å². The number of hydrogen-bond acceptors (Lipinski definition) is 3. The zero-order valence-electron chi connectivity index (χ0n) is 20.9. The van der Waals surface area contributed by atoms with Gasteiger partial charge in [0, 0.05) is 12.1 Å². The highest BCUT2D eigenvalue weighted by atomic mass is 19.1. The summed E-state index contributed by atoms with van der Waals surface area (Å²) < 4.78 is 21.4. The normalized spacial score (nSPS) is 27.4. The molecule has 182 valence electrons. The maximum Gasteiger partial charge on any atom is 0.407 e. The highest BCUT2D eigenvalue weighted by molar-refractivity contribution is 5.70. The fraction of sp³-hybridized carbons (Fsp3) is 0.552. The van der Waals surface area contributed by atoms with Crippen LogP contribution in [0.5, 0.6) is 0 Å². The Bertz CT molecular complexity index is 1070. The molecule has 2 aromatic rings. The topological polar surface area (TPSA) is 41.6 Å². The van der Waals surface area contributed by atoms with Crippen LogP contribution in [-0.2, 0) is 11.2 Å². The number of nitrogens with one attached hydrogen (secondary N) is 1. The number of carbonyl (C=O) groups is 1. The number of piperidine rings is 3. The molecule has 0 spiro atoms. The van der Waals surface area contributed by atoms with E-state index in [2.05, 4.69) is 50.0 Å². The first kappa shape index (κ1) is 23.3. The van der Waals surface area contributed by atoms with E-state index in [1.807, 2.05) is 18.2 Å². The zero-order valence-corrected chi connectivity index (χ0v) is 20.9. The van der Waals surface area contributed by atoms with Gasteiger partial charge in [0.2, 0.25) is 0 Å². The third kappa shape index (κ3) is 4.47. The summed E-state index contributed by atoms with van der Waals surface area (Å²) >= 11 is 0. The van der Waals surface area contributed by atoms with Crippen LogP contribution in [0.3, 0.4) is 0 Å². The molecule has 4 aliphatic rings. The predicted octanol–water partition coefficient (Wildman–Crippen LogP) is 6.45. The van der Waals surface area contributed by atoms with E-state index in [1.165, 1.54) is 5.56 Å². The molecule has 34 heavy (non-hydrogen) atoms. The van der Waals surface area contributed by atoms with Crippen molar-refractivity contribution in [1.29, 1.82) is 0 Å². The van der Waals surface area contributed by atoms with Gasteiger partial charge in [-0.05, 0) is 90.4 Å². The molecule has 0 saturated carbocycles. The number of alkyl carbamates (subject to hydrolysis) is 1. The van der Waals surface area contributed by atoms with Gasteiger partial charge in [-0.2, -0.15) is 0 Å². The summed E-state index contributed by atoms with van der Waals surface area (Å²) in [5, 5.41) is 3.14. The van der Waals surface area contributed by atoms with Crippen LogP contribution in [0.2, 0.25) is 0 Å². The molecule has 0 radical (unpaired) electrons. The molecule has 1 aliphatic carbocycles. The lowest BCUT2D eigenvalue weighted by molar-refractivity contribution is -0.0353. The van der Waals surface area contributed by atoms with Crippen molar-refractivity contribution in [3.8, 4) is 11.1 Å². The highest BCUT2D eigenvalue weighted by Gasteiger charge is 2.40. The summed E-state index contributed by atoms with van der Waals surface area (Å²) in [6.07, 6.45) is 3.57. The van der Waals surface area contributed by atoms with E-state index < -0.39 is 0 Å². The van der Waals surface area contributed by atoms with Crippen molar-refractivity contribution in [2.45, 2.75) is 71.4 Å². The summed E-state index contributed by atoms with van der Waals surface area (Å²) in [4.78, 5) is 15.4. The van der Waals surface area contributed by atoms with Crippen LogP contribution in [0.15, 0.2) is 36.4 Å². The van der Waals surface area contributed by atoms with Gasteiger partial charge >= 0.3 is 6.09 Å². The minimum atomic E-state index is -0.376. The third-order valence-electron chi connectivity index (χ3n) is 8.34. The fourth-order valence-electron chi connectivity index (χ4n) is 6.03. The number of nitrogens with zero attached hydrogens (tertiary/aromatic N) is 1. The van der Waals surface area contributed by atoms with Crippen LogP contribution < -0.4 is 5.32 Å². The quantitative estimate of drug-likeness (QED) is 0.565. The van der Waals surface area contributed by atoms with Gasteiger partial charge in [-0.15, -0.1) is 0 Å². The van der Waals surface area contributed by atoms with Crippen LogP contribution in [0.25, 0.3) is 11.1 Å². The number of rotatable bonds is 4. The van der Waals surface area contributed by atoms with Crippen LogP contribution in [0, 0.1) is 17.2 Å². The predicted molar refractivity (Wildman–Crippen MR) is 133 cm³/mol. The van der Waals surface area contributed by atoms with Gasteiger partial charge in [-0.25, -0.2) is 9.18 Å². The lowest BCUT2D eigenvalue weighted by atomic mass is 9.70. The molecule has 4 nitrogen and oxygen atoms in total. The second kappa shape index (κ2) is 8.99. The largest absolute Gasteiger partial charge is 0.445 e. The molecule has 2 atom stereocenters. The Morgan fingerprint density at radius 2 is 1.94 bits per heavy atom. The molecule has 3 aliphatic heterocycles. The summed E-state index contributed by atoms with van der Waals surface area (Å²) in [5.74, 6) is 0.608. The maximum atomic E-state index is 15.5. The lowest BCUT2D eigenvalue weighted by Crippen LogP contribution is -2.53. The van der Waals surface area contributed by atoms with Crippen LogP contribution in [-0.4, -0.2) is 36.7 Å². The van der Waals surface area contributed by atoms with Crippen LogP contribution in [0.1, 0.15) is 75.6 Å². The van der Waals surface area contributed by atoms with E-state index >= 15 is 4.39 Å². The van der Waals surface area contributed by atoms with Gasteiger partial charge in [-0.3, -0.25) is 4.90 Å². The van der Waals surface area contributed by atoms with E-state index in [-0.39, 0.29) is 29.5 Å². The second-order valence-electron chi connectivity index (χ2n) is 11.5. The maximum absolute atomic E-state index is 15.5. The van der Waals surface area contributed by atoms with Crippen molar-refractivity contribution < 1.29 is 13.9 Å². The van der Waals surface area contributed by atoms with E-state index in [4.69, 9.17) is 4.74 Å². The minimum Gasteiger partial charge on any atom is -0.445 e. The number of hydrogen-bond donors (Lipinski definition) is 1. The monoisotopic (exact) mass is 464 g/mol. The minimum absolute atomic E-state index is 0.0407. The number of fused-ring (bicyclic) bond motifs is 4. The van der Waals surface area contributed by atoms with E-state index in [0.29, 0.717) is 17.4 Å². The number of benzene rings is 2. The van der Waals surface area contributed by atoms with E-state index in [0.717, 1.165) is 62.0 Å². The standard InChI is InChI=1S/C29H37FN2O2/c1-18(2)20-6-5-7-21(14-20)23-15-22-8-11-29(3,4)27(24(22)16-25(23)30)31-28(33)34-26-17-32-12-9-19(26)10-13-32/h5-7,14-16,18-19,26-27H,8-13,17H2,1-4H3,(H,31,33)/t26-,27+/m1/s1. The Morgan fingerprint density at radius 1 is 1.18 bits per heavy atom. The highest BCUT2D eigenvalue weighted by Crippen LogP contribution is 2.45. The molecule has 3 saturated heterocycles. The fourth-order valence-corrected chi connectivity index (χ4v) is 6.03. The van der Waals surface area contributed by atoms with Gasteiger partial charge in [-0.1, -0.05) is 52.0 Å². The first-order valence-electron chi connectivity index (χ1n) is 12.8.